The van der Waals surface area contributed by atoms with Gasteiger partial charge < -0.3 is 20.3 Å². The highest BCUT2D eigenvalue weighted by Crippen LogP contribution is 2.27. The van der Waals surface area contributed by atoms with Crippen molar-refractivity contribution >= 4 is 22.7 Å². The van der Waals surface area contributed by atoms with E-state index in [1.165, 1.54) is 0 Å². The van der Waals surface area contributed by atoms with Crippen LogP contribution in [0.4, 0.5) is 11.8 Å². The minimum absolute atomic E-state index is 0.158. The number of methoxy groups -OCH3 is 1. The SMILES string of the molecule is CO[C@H]1CCN(c2nc(N[C@@H]3CCCNC3)c(-c3ccc4ccccc4n3)c(=O)[nH]2)C1. The molecule has 2 aliphatic rings. The fourth-order valence-electron chi connectivity index (χ4n) is 4.44. The van der Waals surface area contributed by atoms with Crippen molar-refractivity contribution in [3.05, 3.63) is 46.8 Å². The smallest absolute Gasteiger partial charge is 0.263 e. The Balaban J connectivity index is 1.57. The molecule has 0 amide bonds. The van der Waals surface area contributed by atoms with E-state index in [-0.39, 0.29) is 17.7 Å². The van der Waals surface area contributed by atoms with E-state index in [0.29, 0.717) is 23.0 Å². The Labute approximate surface area is 181 Å². The maximum atomic E-state index is 13.3. The number of benzene rings is 1. The zero-order valence-corrected chi connectivity index (χ0v) is 17.7. The van der Waals surface area contributed by atoms with Crippen LogP contribution in [0.5, 0.6) is 0 Å². The number of fused-ring (bicyclic) bond motifs is 1. The van der Waals surface area contributed by atoms with Crippen LogP contribution in [0.25, 0.3) is 22.2 Å². The highest BCUT2D eigenvalue weighted by Gasteiger charge is 2.26. The van der Waals surface area contributed by atoms with Crippen molar-refractivity contribution in [1.29, 1.82) is 0 Å². The number of nitrogens with zero attached hydrogens (tertiary/aromatic N) is 3. The molecule has 0 unspecified atom stereocenters. The average Bonchev–Trinajstić information content (AvgIpc) is 3.29. The van der Waals surface area contributed by atoms with Crippen LogP contribution in [-0.4, -0.2) is 60.4 Å². The summed E-state index contributed by atoms with van der Waals surface area (Å²) in [6.45, 7) is 3.40. The summed E-state index contributed by atoms with van der Waals surface area (Å²) >= 11 is 0. The van der Waals surface area contributed by atoms with Gasteiger partial charge in [-0.05, 0) is 37.9 Å². The van der Waals surface area contributed by atoms with Crippen molar-refractivity contribution in [2.24, 2.45) is 0 Å². The van der Waals surface area contributed by atoms with Gasteiger partial charge >= 0.3 is 0 Å². The molecule has 0 radical (unpaired) electrons. The first-order chi connectivity index (χ1) is 15.2. The zero-order valence-electron chi connectivity index (χ0n) is 17.7. The van der Waals surface area contributed by atoms with Gasteiger partial charge in [0, 0.05) is 38.2 Å². The van der Waals surface area contributed by atoms with E-state index in [2.05, 4.69) is 20.5 Å². The number of H-pyrrole nitrogens is 1. The molecular weight excluding hydrogens is 392 g/mol. The van der Waals surface area contributed by atoms with E-state index in [9.17, 15) is 4.79 Å². The molecule has 31 heavy (non-hydrogen) atoms. The molecule has 2 atom stereocenters. The van der Waals surface area contributed by atoms with Gasteiger partial charge in [0.15, 0.2) is 0 Å². The van der Waals surface area contributed by atoms with Crippen LogP contribution in [0.3, 0.4) is 0 Å². The number of aromatic nitrogens is 3. The Kier molecular flexibility index (Phi) is 5.57. The summed E-state index contributed by atoms with van der Waals surface area (Å²) in [5, 5.41) is 7.99. The van der Waals surface area contributed by atoms with Crippen molar-refractivity contribution < 1.29 is 4.74 Å². The molecule has 0 spiro atoms. The summed E-state index contributed by atoms with van der Waals surface area (Å²) in [6, 6.07) is 12.0. The third-order valence-corrected chi connectivity index (χ3v) is 6.18. The van der Waals surface area contributed by atoms with E-state index in [1.54, 1.807) is 7.11 Å². The van der Waals surface area contributed by atoms with Crippen molar-refractivity contribution in [2.75, 3.05) is 43.5 Å². The standard InChI is InChI=1S/C23H28N6O2/c1-31-17-10-12-29(14-17)23-27-21(25-16-6-4-11-24-13-16)20(22(30)28-23)19-9-8-15-5-2-3-7-18(15)26-19/h2-3,5,7-9,16-17,24H,4,6,10-14H2,1H3,(H2,25,27,28,30)/t16-,17+/m1/s1. The van der Waals surface area contributed by atoms with Crippen molar-refractivity contribution in [3.8, 4) is 11.3 Å². The number of piperidine rings is 1. The summed E-state index contributed by atoms with van der Waals surface area (Å²) in [6.07, 6.45) is 3.21. The predicted octanol–water partition coefficient (Wildman–Crippen LogP) is 2.37. The molecule has 5 rings (SSSR count). The van der Waals surface area contributed by atoms with Crippen LogP contribution in [0.15, 0.2) is 41.2 Å². The lowest BCUT2D eigenvalue weighted by Gasteiger charge is -2.26. The largest absolute Gasteiger partial charge is 0.380 e. The molecule has 3 aromatic rings. The lowest BCUT2D eigenvalue weighted by Crippen LogP contribution is -2.39. The highest BCUT2D eigenvalue weighted by atomic mass is 16.5. The number of rotatable bonds is 5. The second kappa shape index (κ2) is 8.64. The monoisotopic (exact) mass is 420 g/mol. The van der Waals surface area contributed by atoms with Crippen LogP contribution in [0.1, 0.15) is 19.3 Å². The molecule has 8 heteroatoms. The zero-order chi connectivity index (χ0) is 21.2. The minimum atomic E-state index is -0.181. The highest BCUT2D eigenvalue weighted by molar-refractivity contribution is 5.83. The van der Waals surface area contributed by atoms with E-state index in [4.69, 9.17) is 14.7 Å². The predicted molar refractivity (Wildman–Crippen MR) is 123 cm³/mol. The topological polar surface area (TPSA) is 95.2 Å². The molecule has 162 valence electrons. The Morgan fingerprint density at radius 3 is 2.87 bits per heavy atom. The van der Waals surface area contributed by atoms with Crippen LogP contribution >= 0.6 is 0 Å². The van der Waals surface area contributed by atoms with Crippen LogP contribution in [0.2, 0.25) is 0 Å². The number of para-hydroxylation sites is 1. The van der Waals surface area contributed by atoms with E-state index >= 15 is 0 Å². The lowest BCUT2D eigenvalue weighted by molar-refractivity contribution is 0.121. The summed E-state index contributed by atoms with van der Waals surface area (Å²) in [4.78, 5) is 28.0. The Hall–Kier alpha value is -2.97. The quantitative estimate of drug-likeness (QED) is 0.583. The molecule has 0 saturated carbocycles. The fourth-order valence-corrected chi connectivity index (χ4v) is 4.44. The molecule has 8 nitrogen and oxygen atoms in total. The number of hydrogen-bond donors (Lipinski definition) is 3. The molecule has 3 N–H and O–H groups in total. The first-order valence-corrected chi connectivity index (χ1v) is 11.0. The van der Waals surface area contributed by atoms with Gasteiger partial charge in [0.2, 0.25) is 5.95 Å². The molecule has 1 aromatic carbocycles. The Bertz CT molecular complexity index is 1120. The van der Waals surface area contributed by atoms with Gasteiger partial charge in [-0.3, -0.25) is 9.78 Å². The van der Waals surface area contributed by atoms with E-state index in [1.807, 2.05) is 36.4 Å². The molecule has 0 bridgehead atoms. The third-order valence-electron chi connectivity index (χ3n) is 6.18. The van der Waals surface area contributed by atoms with E-state index in [0.717, 1.165) is 56.3 Å². The molecular formula is C23H28N6O2. The fraction of sp³-hybridized carbons (Fsp3) is 0.435. The maximum absolute atomic E-state index is 13.3. The van der Waals surface area contributed by atoms with Crippen LogP contribution < -0.4 is 21.1 Å². The van der Waals surface area contributed by atoms with Gasteiger partial charge in [0.25, 0.3) is 5.56 Å². The average molecular weight is 421 g/mol. The van der Waals surface area contributed by atoms with Gasteiger partial charge in [-0.25, -0.2) is 4.98 Å². The Morgan fingerprint density at radius 1 is 1.16 bits per heavy atom. The number of nitrogens with one attached hydrogen (secondary N) is 3. The summed E-state index contributed by atoms with van der Waals surface area (Å²) in [5.41, 5.74) is 1.79. The number of pyridine rings is 1. The van der Waals surface area contributed by atoms with Gasteiger partial charge in [-0.1, -0.05) is 24.3 Å². The normalized spacial score (nSPS) is 21.5. The van der Waals surface area contributed by atoms with E-state index < -0.39 is 0 Å². The Morgan fingerprint density at radius 2 is 2.06 bits per heavy atom. The third kappa shape index (κ3) is 4.13. The number of hydrogen-bond acceptors (Lipinski definition) is 7. The first-order valence-electron chi connectivity index (χ1n) is 11.0. The van der Waals surface area contributed by atoms with Crippen molar-refractivity contribution in [2.45, 2.75) is 31.4 Å². The molecule has 2 saturated heterocycles. The molecule has 2 aromatic heterocycles. The van der Waals surface area contributed by atoms with Gasteiger partial charge in [-0.2, -0.15) is 4.98 Å². The minimum Gasteiger partial charge on any atom is -0.380 e. The number of ether oxygens (including phenoxy) is 1. The number of aromatic amines is 1. The maximum Gasteiger partial charge on any atom is 0.263 e. The number of anilines is 2. The lowest BCUT2D eigenvalue weighted by atomic mass is 10.1. The second-order valence-electron chi connectivity index (χ2n) is 8.28. The van der Waals surface area contributed by atoms with Crippen molar-refractivity contribution in [1.82, 2.24) is 20.3 Å². The van der Waals surface area contributed by atoms with Crippen molar-refractivity contribution in [3.63, 3.8) is 0 Å². The summed E-state index contributed by atoms with van der Waals surface area (Å²) in [5.74, 6) is 1.18. The molecule has 2 fully saturated rings. The molecule has 4 heterocycles. The first kappa shape index (κ1) is 20.0. The molecule has 0 aliphatic carbocycles. The summed E-state index contributed by atoms with van der Waals surface area (Å²) < 4.78 is 5.48. The van der Waals surface area contributed by atoms with Gasteiger partial charge in [-0.15, -0.1) is 0 Å². The summed E-state index contributed by atoms with van der Waals surface area (Å²) in [7, 11) is 1.72. The van der Waals surface area contributed by atoms with Crippen LogP contribution in [-0.2, 0) is 4.74 Å². The molecule has 2 aliphatic heterocycles. The van der Waals surface area contributed by atoms with Gasteiger partial charge in [0.1, 0.15) is 11.4 Å². The van der Waals surface area contributed by atoms with Gasteiger partial charge in [0.05, 0.1) is 17.3 Å². The van der Waals surface area contributed by atoms with Crippen LogP contribution in [0, 0.1) is 0 Å². The second-order valence-corrected chi connectivity index (χ2v) is 8.28.